The second-order valence-electron chi connectivity index (χ2n) is 6.78. The summed E-state index contributed by atoms with van der Waals surface area (Å²) in [6.07, 6.45) is 3.70. The number of rotatable bonds is 7. The van der Waals surface area contributed by atoms with Gasteiger partial charge < -0.3 is 20.9 Å². The predicted molar refractivity (Wildman–Crippen MR) is 112 cm³/mol. The van der Waals surface area contributed by atoms with Gasteiger partial charge in [-0.05, 0) is 42.5 Å². The molecular formula is C21H21N5O5. The van der Waals surface area contributed by atoms with E-state index in [0.29, 0.717) is 18.4 Å². The highest BCUT2D eigenvalue weighted by atomic mass is 16.5. The Kier molecular flexibility index (Phi) is 6.39. The summed E-state index contributed by atoms with van der Waals surface area (Å²) in [5.41, 5.74) is 7.84. The Hall–Kier alpha value is -4.08. The molecule has 2 aromatic rings. The van der Waals surface area contributed by atoms with Crippen molar-refractivity contribution in [2.24, 2.45) is 10.7 Å². The van der Waals surface area contributed by atoms with E-state index in [1.165, 1.54) is 6.08 Å². The summed E-state index contributed by atoms with van der Waals surface area (Å²) in [6.45, 7) is 5.49. The van der Waals surface area contributed by atoms with E-state index in [-0.39, 0.29) is 30.0 Å². The number of nitrogens with two attached hydrogens (primary N) is 1. The molecule has 4 N–H and O–H groups in total. The van der Waals surface area contributed by atoms with E-state index in [0.717, 1.165) is 29.1 Å². The van der Waals surface area contributed by atoms with Crippen LogP contribution in [0.2, 0.25) is 0 Å². The van der Waals surface area contributed by atoms with Crippen molar-refractivity contribution in [2.45, 2.75) is 25.8 Å². The molecule has 0 aliphatic heterocycles. The fourth-order valence-electron chi connectivity index (χ4n) is 3.48. The number of nitrogens with zero attached hydrogens (tertiary/aromatic N) is 3. The van der Waals surface area contributed by atoms with Crippen LogP contribution in [0.1, 0.15) is 60.5 Å². The number of carbonyl (C=O) groups excluding carboxylic acids is 2. The molecule has 0 fully saturated rings. The number of esters is 1. The van der Waals surface area contributed by atoms with Crippen molar-refractivity contribution in [3.05, 3.63) is 64.5 Å². The molecule has 0 saturated carbocycles. The first-order chi connectivity index (χ1) is 14.8. The second-order valence-corrected chi connectivity index (χ2v) is 6.78. The maximum Gasteiger partial charge on any atom is 0.354 e. The topological polar surface area (TPSA) is 157 Å². The number of hydrogen-bond acceptors (Lipinski definition) is 7. The standard InChI is InChI=1S/C21H21N5O5/c1-3-8-31-20(30)13-4-5-14-12(11(13)2)6-7-15(14)24-18(27)16-9-17(19(28)29)26-21(25-16)23-10-22/h3-5,9-10,15H,1,6-8H2,2H3,(H,24,27)(H,28,29)(H2,22,23,25,26)/t15-/m0/s1. The van der Waals surface area contributed by atoms with E-state index >= 15 is 0 Å². The average molecular weight is 423 g/mol. The number of aromatic nitrogens is 2. The van der Waals surface area contributed by atoms with Crippen LogP contribution in [-0.4, -0.2) is 45.9 Å². The molecule has 10 nitrogen and oxygen atoms in total. The first-order valence-electron chi connectivity index (χ1n) is 9.43. The largest absolute Gasteiger partial charge is 0.477 e. The quantitative estimate of drug-likeness (QED) is 0.264. The summed E-state index contributed by atoms with van der Waals surface area (Å²) < 4.78 is 5.12. The van der Waals surface area contributed by atoms with Gasteiger partial charge in [-0.3, -0.25) is 4.79 Å². The molecule has 10 heteroatoms. The van der Waals surface area contributed by atoms with Gasteiger partial charge in [-0.15, -0.1) is 0 Å². The third-order valence-corrected chi connectivity index (χ3v) is 4.91. The number of carboxylic acid groups (broad SMARTS) is 1. The van der Waals surface area contributed by atoms with Gasteiger partial charge in [0.15, 0.2) is 5.69 Å². The van der Waals surface area contributed by atoms with Crippen molar-refractivity contribution in [2.75, 3.05) is 6.61 Å². The van der Waals surface area contributed by atoms with Crippen LogP contribution in [0.15, 0.2) is 35.8 Å². The highest BCUT2D eigenvalue weighted by Gasteiger charge is 2.28. The monoisotopic (exact) mass is 423 g/mol. The first kappa shape index (κ1) is 21.6. The zero-order valence-corrected chi connectivity index (χ0v) is 16.8. The SMILES string of the molecule is C=CCOC(=O)c1ccc2c(c1C)CC[C@@H]2NC(=O)c1cc(C(=O)O)nc(N=CN)n1. The number of nitrogens with one attached hydrogen (secondary N) is 1. The molecule has 1 amide bonds. The molecule has 31 heavy (non-hydrogen) atoms. The number of amides is 1. The van der Waals surface area contributed by atoms with Crippen LogP contribution in [0.5, 0.6) is 0 Å². The van der Waals surface area contributed by atoms with Gasteiger partial charge in [0.05, 0.1) is 17.9 Å². The number of carboxylic acids is 1. The lowest BCUT2D eigenvalue weighted by atomic mass is 9.98. The van der Waals surface area contributed by atoms with Crippen LogP contribution in [0.25, 0.3) is 0 Å². The zero-order valence-electron chi connectivity index (χ0n) is 16.8. The summed E-state index contributed by atoms with van der Waals surface area (Å²) >= 11 is 0. The number of aliphatic imine (C=N–C) groups is 1. The highest BCUT2D eigenvalue weighted by Crippen LogP contribution is 2.35. The van der Waals surface area contributed by atoms with Crippen molar-refractivity contribution in [3.63, 3.8) is 0 Å². The Morgan fingerprint density at radius 1 is 1.35 bits per heavy atom. The van der Waals surface area contributed by atoms with Gasteiger partial charge in [0, 0.05) is 6.07 Å². The van der Waals surface area contributed by atoms with E-state index in [1.54, 1.807) is 12.1 Å². The normalized spacial score (nSPS) is 14.8. The molecule has 0 unspecified atom stereocenters. The summed E-state index contributed by atoms with van der Waals surface area (Å²) in [5, 5.41) is 12.1. The van der Waals surface area contributed by atoms with E-state index in [4.69, 9.17) is 10.5 Å². The summed E-state index contributed by atoms with van der Waals surface area (Å²) in [6, 6.07) is 4.22. The lowest BCUT2D eigenvalue weighted by Gasteiger charge is -2.16. The first-order valence-corrected chi connectivity index (χ1v) is 9.43. The Morgan fingerprint density at radius 2 is 2.10 bits per heavy atom. The predicted octanol–water partition coefficient (Wildman–Crippen LogP) is 1.86. The van der Waals surface area contributed by atoms with Crippen LogP contribution in [0, 0.1) is 6.92 Å². The number of fused-ring (bicyclic) bond motifs is 1. The van der Waals surface area contributed by atoms with Crippen LogP contribution in [-0.2, 0) is 11.2 Å². The molecule has 160 valence electrons. The Balaban J connectivity index is 1.84. The molecule has 1 aromatic heterocycles. The Labute approximate surface area is 177 Å². The van der Waals surface area contributed by atoms with E-state index in [9.17, 15) is 19.5 Å². The minimum absolute atomic E-state index is 0.126. The molecule has 0 spiro atoms. The minimum atomic E-state index is -1.32. The van der Waals surface area contributed by atoms with Gasteiger partial charge in [-0.1, -0.05) is 18.7 Å². The fraction of sp³-hybridized carbons (Fsp3) is 0.238. The average Bonchev–Trinajstić information content (AvgIpc) is 3.15. The number of ether oxygens (including phenoxy) is 1. The lowest BCUT2D eigenvalue weighted by Crippen LogP contribution is -2.28. The van der Waals surface area contributed by atoms with Crippen LogP contribution in [0.3, 0.4) is 0 Å². The lowest BCUT2D eigenvalue weighted by molar-refractivity contribution is 0.0548. The summed E-state index contributed by atoms with van der Waals surface area (Å²) in [4.78, 5) is 47.6. The zero-order chi connectivity index (χ0) is 22.5. The van der Waals surface area contributed by atoms with Crippen molar-refractivity contribution in [3.8, 4) is 0 Å². The third kappa shape index (κ3) is 4.58. The molecule has 1 heterocycles. The molecular weight excluding hydrogens is 402 g/mol. The number of carbonyl (C=O) groups is 3. The molecule has 0 saturated heterocycles. The van der Waals surface area contributed by atoms with Gasteiger partial charge in [0.2, 0.25) is 0 Å². The molecule has 1 aromatic carbocycles. The Bertz CT molecular complexity index is 1100. The van der Waals surface area contributed by atoms with Crippen LogP contribution >= 0.6 is 0 Å². The summed E-state index contributed by atoms with van der Waals surface area (Å²) in [7, 11) is 0. The molecule has 3 rings (SSSR count). The van der Waals surface area contributed by atoms with Gasteiger partial charge in [0.1, 0.15) is 12.3 Å². The van der Waals surface area contributed by atoms with E-state index in [1.807, 2.05) is 6.92 Å². The number of hydrogen-bond donors (Lipinski definition) is 3. The number of aromatic carboxylic acids is 1. The highest BCUT2D eigenvalue weighted by molar-refractivity contribution is 5.96. The maximum atomic E-state index is 12.8. The van der Waals surface area contributed by atoms with E-state index in [2.05, 4.69) is 26.9 Å². The van der Waals surface area contributed by atoms with Gasteiger partial charge in [0.25, 0.3) is 11.9 Å². The smallest absolute Gasteiger partial charge is 0.354 e. The minimum Gasteiger partial charge on any atom is -0.477 e. The molecule has 0 bridgehead atoms. The molecule has 1 atom stereocenters. The Morgan fingerprint density at radius 3 is 2.77 bits per heavy atom. The third-order valence-electron chi connectivity index (χ3n) is 4.91. The maximum absolute atomic E-state index is 12.8. The van der Waals surface area contributed by atoms with E-state index < -0.39 is 17.8 Å². The molecule has 1 aliphatic carbocycles. The van der Waals surface area contributed by atoms with Gasteiger partial charge in [-0.2, -0.15) is 0 Å². The van der Waals surface area contributed by atoms with Gasteiger partial charge >= 0.3 is 11.9 Å². The van der Waals surface area contributed by atoms with Crippen molar-refractivity contribution in [1.82, 2.24) is 15.3 Å². The number of benzene rings is 1. The summed E-state index contributed by atoms with van der Waals surface area (Å²) in [5.74, 6) is -2.54. The second kappa shape index (κ2) is 9.16. The van der Waals surface area contributed by atoms with Crippen LogP contribution in [0.4, 0.5) is 5.95 Å². The van der Waals surface area contributed by atoms with Crippen molar-refractivity contribution in [1.29, 1.82) is 0 Å². The fourth-order valence-corrected chi connectivity index (χ4v) is 3.48. The molecule has 0 radical (unpaired) electrons. The van der Waals surface area contributed by atoms with Crippen LogP contribution < -0.4 is 11.1 Å². The van der Waals surface area contributed by atoms with Crippen molar-refractivity contribution >= 4 is 30.1 Å². The molecule has 1 aliphatic rings. The van der Waals surface area contributed by atoms with Gasteiger partial charge in [-0.25, -0.2) is 24.5 Å². The van der Waals surface area contributed by atoms with Crippen molar-refractivity contribution < 1.29 is 24.2 Å².